The molecule has 0 aromatic carbocycles. The monoisotopic (exact) mass is 463 g/mol. The summed E-state index contributed by atoms with van der Waals surface area (Å²) >= 11 is 0.508. The summed E-state index contributed by atoms with van der Waals surface area (Å²) in [6.45, 7) is 4.61. The number of methoxy groups -OCH3 is 1. The first-order valence-electron chi connectivity index (χ1n) is 9.28. The zero-order chi connectivity index (χ0) is 18.3. The van der Waals surface area contributed by atoms with Gasteiger partial charge < -0.3 is 0 Å². The van der Waals surface area contributed by atoms with Gasteiger partial charge in [0.1, 0.15) is 0 Å². The molecule has 0 bridgehead atoms. The van der Waals surface area contributed by atoms with Gasteiger partial charge in [-0.15, -0.1) is 0 Å². The van der Waals surface area contributed by atoms with E-state index in [-0.39, 0.29) is 22.7 Å². The molecule has 2 nitrogen and oxygen atoms in total. The summed E-state index contributed by atoms with van der Waals surface area (Å²) in [5, 5.41) is 0. The molecule has 3 atom stereocenters. The summed E-state index contributed by atoms with van der Waals surface area (Å²) in [6, 6.07) is 0.499. The van der Waals surface area contributed by atoms with Gasteiger partial charge in [-0.1, -0.05) is 0 Å². The molecule has 3 aliphatic rings. The Kier molecular flexibility index (Phi) is 12.0. The van der Waals surface area contributed by atoms with Crippen LogP contribution in [0.2, 0.25) is 4.82 Å². The molecule has 0 aromatic rings. The second-order valence-electron chi connectivity index (χ2n) is 7.32. The summed E-state index contributed by atoms with van der Waals surface area (Å²) < 4.78 is 5.89. The van der Waals surface area contributed by atoms with Gasteiger partial charge in [0.2, 0.25) is 0 Å². The van der Waals surface area contributed by atoms with E-state index >= 15 is 0 Å². The van der Waals surface area contributed by atoms with E-state index in [1.165, 1.54) is 31.6 Å². The van der Waals surface area contributed by atoms with E-state index in [1.54, 1.807) is 4.82 Å². The maximum absolute atomic E-state index is 5.89. The minimum absolute atomic E-state index is 0. The molecule has 0 aliphatic heterocycles. The topological polar surface area (TPSA) is 12.5 Å². The second kappa shape index (κ2) is 12.5. The summed E-state index contributed by atoms with van der Waals surface area (Å²) in [7, 11) is 6.21. The summed E-state index contributed by atoms with van der Waals surface area (Å²) in [6.07, 6.45) is 22.1. The largest absolute Gasteiger partial charge is 2.00 e. The standard InChI is InChI=1S/C17H28NOSe.C5H5.Fe/c1-13(18(3)4)14-9-8-10-15(14)20-16-11-6-7-12-17(16,2)19-5;1-2-4-5-3-1;/h8-10,13,16H,6-7,11-12H2,1-5H3;1-5H;/q;;+2/t13-,16+,17+;;/m1../s1. The van der Waals surface area contributed by atoms with Crippen molar-refractivity contribution < 1.29 is 21.8 Å². The van der Waals surface area contributed by atoms with E-state index in [9.17, 15) is 0 Å². The zero-order valence-electron chi connectivity index (χ0n) is 16.7. The number of ether oxygens (including phenoxy) is 1. The molecule has 0 N–H and O–H groups in total. The van der Waals surface area contributed by atoms with Crippen LogP contribution in [0.15, 0.2) is 0 Å². The number of nitrogens with zero attached hydrogens (tertiary/aromatic N) is 1. The first-order valence-corrected chi connectivity index (χ1v) is 11.1. The van der Waals surface area contributed by atoms with Gasteiger partial charge in [-0.25, -0.2) is 0 Å². The van der Waals surface area contributed by atoms with Crippen molar-refractivity contribution in [2.24, 2.45) is 0 Å². The van der Waals surface area contributed by atoms with E-state index in [0.717, 1.165) is 0 Å². The number of hydrogen-bond donors (Lipinski definition) is 0. The predicted octanol–water partition coefficient (Wildman–Crippen LogP) is 4.16. The van der Waals surface area contributed by atoms with Gasteiger partial charge in [-0.2, -0.15) is 0 Å². The van der Waals surface area contributed by atoms with Crippen LogP contribution in [0.4, 0.5) is 0 Å². The predicted molar refractivity (Wildman–Crippen MR) is 107 cm³/mol. The fourth-order valence-electron chi connectivity index (χ4n) is 3.31. The molecule has 0 heterocycles. The van der Waals surface area contributed by atoms with Gasteiger partial charge >= 0.3 is 149 Å². The molecular weight excluding hydrogens is 429 g/mol. The average Bonchev–Trinajstić information content (AvgIpc) is 3.31. The Morgan fingerprint density at radius 3 is 2.23 bits per heavy atom. The Bertz CT molecular complexity index is 370. The maximum Gasteiger partial charge on any atom is 2.00 e. The molecule has 3 saturated carbocycles. The van der Waals surface area contributed by atoms with Crippen molar-refractivity contribution in [3.63, 3.8) is 0 Å². The van der Waals surface area contributed by atoms with Crippen molar-refractivity contribution >= 4 is 15.0 Å². The van der Waals surface area contributed by atoms with E-state index in [1.807, 2.05) is 39.2 Å². The van der Waals surface area contributed by atoms with E-state index in [4.69, 9.17) is 4.74 Å². The first kappa shape index (κ1) is 25.0. The van der Waals surface area contributed by atoms with Crippen LogP contribution in [0.25, 0.3) is 0 Å². The minimum atomic E-state index is 0. The molecule has 0 saturated heterocycles. The van der Waals surface area contributed by atoms with E-state index < -0.39 is 0 Å². The molecule has 10 radical (unpaired) electrons. The van der Waals surface area contributed by atoms with Crippen LogP contribution >= 0.6 is 0 Å². The fraction of sp³-hybridized carbons (Fsp3) is 0.545. The summed E-state index contributed by atoms with van der Waals surface area (Å²) in [4.78, 5) is 4.59. The zero-order valence-corrected chi connectivity index (χ0v) is 19.5. The third-order valence-electron chi connectivity index (χ3n) is 5.39. The Balaban J connectivity index is 0.000000486. The molecule has 0 spiro atoms. The van der Waals surface area contributed by atoms with Crippen LogP contribution in [-0.2, 0) is 21.8 Å². The van der Waals surface area contributed by atoms with Crippen molar-refractivity contribution in [2.75, 3.05) is 21.2 Å². The molecular formula is C22H33FeNOSe+2. The molecule has 3 rings (SSSR count). The first-order chi connectivity index (χ1) is 12.0. The van der Waals surface area contributed by atoms with Crippen LogP contribution in [0.5, 0.6) is 0 Å². The number of hydrogen-bond acceptors (Lipinski definition) is 2. The van der Waals surface area contributed by atoms with Gasteiger partial charge in [0, 0.05) is 0 Å². The van der Waals surface area contributed by atoms with Gasteiger partial charge in [-0.05, 0) is 32.1 Å². The van der Waals surface area contributed by atoms with E-state index in [2.05, 4.69) is 52.1 Å². The second-order valence-corrected chi connectivity index (χ2v) is 9.93. The third kappa shape index (κ3) is 7.09. The van der Waals surface area contributed by atoms with Crippen LogP contribution in [0.1, 0.15) is 39.5 Å². The Labute approximate surface area is 180 Å². The van der Waals surface area contributed by atoms with Crippen LogP contribution < -0.4 is 0 Å². The van der Waals surface area contributed by atoms with Gasteiger partial charge in [0.15, 0.2) is 0 Å². The van der Waals surface area contributed by atoms with Gasteiger partial charge in [0.25, 0.3) is 0 Å². The summed E-state index contributed by atoms with van der Waals surface area (Å²) in [5.74, 6) is 1.51. The Morgan fingerprint density at radius 1 is 1.08 bits per heavy atom. The fourth-order valence-corrected chi connectivity index (χ4v) is 6.64. The van der Waals surface area contributed by atoms with Gasteiger partial charge in [0.05, 0.1) is 0 Å². The third-order valence-corrected chi connectivity index (χ3v) is 8.84. The SMILES string of the molecule is CO[C@@]1(C)CCCC[C@@H]1[Se][C]1[CH][CH][CH][C]1[C@@H](C)N(C)C.[CH]1[CH][CH][CH][CH]1.[Fe+2]. The van der Waals surface area contributed by atoms with Gasteiger partial charge in [-0.3, -0.25) is 0 Å². The van der Waals surface area contributed by atoms with E-state index in [0.29, 0.717) is 25.8 Å². The molecule has 3 aliphatic carbocycles. The molecule has 3 fully saturated rings. The quantitative estimate of drug-likeness (QED) is 0.570. The molecule has 0 aromatic heterocycles. The Hall–Kier alpha value is 0.959. The van der Waals surface area contributed by atoms with Crippen LogP contribution in [0, 0.1) is 62.1 Å². The van der Waals surface area contributed by atoms with Crippen LogP contribution in [-0.4, -0.2) is 52.7 Å². The normalized spacial score (nSPS) is 31.4. The molecule has 144 valence electrons. The molecule has 0 amide bonds. The van der Waals surface area contributed by atoms with Crippen LogP contribution in [0.3, 0.4) is 0 Å². The Morgan fingerprint density at radius 2 is 1.69 bits per heavy atom. The number of rotatable bonds is 5. The van der Waals surface area contributed by atoms with Crippen molar-refractivity contribution in [3.8, 4) is 0 Å². The van der Waals surface area contributed by atoms with Crippen molar-refractivity contribution in [2.45, 2.75) is 56.0 Å². The summed E-state index contributed by atoms with van der Waals surface area (Å²) in [5.41, 5.74) is 0.0914. The van der Waals surface area contributed by atoms with Crippen molar-refractivity contribution in [3.05, 3.63) is 62.1 Å². The smallest absolute Gasteiger partial charge is 0.0312 e. The molecule has 26 heavy (non-hydrogen) atoms. The molecule has 0 unspecified atom stereocenters. The average molecular weight is 462 g/mol. The maximum atomic E-state index is 5.89. The van der Waals surface area contributed by atoms with Crippen molar-refractivity contribution in [1.29, 1.82) is 0 Å². The minimum Gasteiger partial charge on any atom is -0.0312 e. The van der Waals surface area contributed by atoms with Crippen molar-refractivity contribution in [1.82, 2.24) is 4.90 Å². The molecule has 4 heteroatoms.